The van der Waals surface area contributed by atoms with E-state index in [0.29, 0.717) is 0 Å². The molecule has 0 aliphatic carbocycles. The van der Waals surface area contributed by atoms with E-state index in [1.165, 1.54) is 127 Å². The van der Waals surface area contributed by atoms with Crippen molar-refractivity contribution in [2.75, 3.05) is 35.1 Å². The van der Waals surface area contributed by atoms with Gasteiger partial charge in [0.05, 0.1) is 73.9 Å². The molecular weight excluding hydrogens is 956 g/mol. The van der Waals surface area contributed by atoms with Gasteiger partial charge >= 0.3 is 0 Å². The van der Waals surface area contributed by atoms with Crippen molar-refractivity contribution in [3.05, 3.63) is 224 Å². The molecule has 2 N–H and O–H groups in total. The first kappa shape index (κ1) is 40.7. The number of nitrogens with one attached hydrogen (secondary N) is 2. The number of rotatable bonds is 3. The van der Waals surface area contributed by atoms with Crippen LogP contribution in [-0.4, -0.2) is 13.4 Å². The van der Waals surface area contributed by atoms with Gasteiger partial charge in [-0.2, -0.15) is 11.3 Å². The summed E-state index contributed by atoms with van der Waals surface area (Å²) in [6.07, 6.45) is 0. The number of fused-ring (bicyclic) bond motifs is 19. The van der Waals surface area contributed by atoms with Crippen LogP contribution >= 0.6 is 11.3 Å². The number of hydrogen-bond acceptors (Lipinski definition) is 8. The van der Waals surface area contributed by atoms with Crippen molar-refractivity contribution >= 4 is 186 Å². The van der Waals surface area contributed by atoms with Crippen LogP contribution in [0.1, 0.15) is 5.56 Å². The molecule has 0 atom stereocenters. The summed E-state index contributed by atoms with van der Waals surface area (Å²) < 4.78 is 2.76. The third-order valence-corrected chi connectivity index (χ3v) is 18.8. The highest BCUT2D eigenvalue weighted by Gasteiger charge is 2.55. The second-order valence-electron chi connectivity index (χ2n) is 21.5. The highest BCUT2D eigenvalue weighted by molar-refractivity contribution is 7.39. The molecule has 356 valence electrons. The summed E-state index contributed by atoms with van der Waals surface area (Å²) in [5.41, 5.74) is 29.0. The molecule has 7 aliphatic rings. The average molecular weight is 998 g/mol. The fourth-order valence-electron chi connectivity index (χ4n) is 14.6. The molecule has 7 aliphatic heterocycles. The van der Waals surface area contributed by atoms with Crippen molar-refractivity contribution in [3.63, 3.8) is 0 Å². The van der Waals surface area contributed by atoms with Crippen LogP contribution in [0.15, 0.2) is 218 Å². The first-order chi connectivity index (χ1) is 38.1. The van der Waals surface area contributed by atoms with Crippen molar-refractivity contribution < 1.29 is 0 Å². The van der Waals surface area contributed by atoms with Gasteiger partial charge in [0.1, 0.15) is 0 Å². The highest BCUT2D eigenvalue weighted by Crippen LogP contribution is 2.62. The lowest BCUT2D eigenvalue weighted by molar-refractivity contribution is 1.17. The predicted octanol–water partition coefficient (Wildman–Crippen LogP) is 14.4. The average Bonchev–Trinajstić information content (AvgIpc) is 4.13. The Hall–Kier alpha value is -9.63. The van der Waals surface area contributed by atoms with Gasteiger partial charge in [-0.15, -0.1) is 0 Å². The summed E-state index contributed by atoms with van der Waals surface area (Å²) in [4.78, 5) is 13.0. The predicted molar refractivity (Wildman–Crippen MR) is 327 cm³/mol. The van der Waals surface area contributed by atoms with Gasteiger partial charge in [-0.3, -0.25) is 0 Å². The molecule has 8 heterocycles. The Morgan fingerprint density at radius 3 is 1.23 bits per heavy atom. The number of para-hydroxylation sites is 8. The number of hydrogen-bond donors (Lipinski definition) is 2. The Labute approximate surface area is 449 Å². The zero-order chi connectivity index (χ0) is 49.9. The molecule has 1 aromatic heterocycles. The molecule has 19 rings (SSSR count). The van der Waals surface area contributed by atoms with Crippen molar-refractivity contribution in [2.45, 2.75) is 6.92 Å². The number of nitrogens with zero attached hydrogens (tertiary/aromatic N) is 5. The normalized spacial score (nSPS) is 14.4. The maximum Gasteiger partial charge on any atom is 0.264 e. The lowest BCUT2D eigenvalue weighted by Gasteiger charge is -2.50. The van der Waals surface area contributed by atoms with E-state index in [-0.39, 0.29) is 13.4 Å². The molecule has 11 aromatic carbocycles. The monoisotopic (exact) mass is 997 g/mol. The summed E-state index contributed by atoms with van der Waals surface area (Å²) >= 11 is 2.05. The summed E-state index contributed by atoms with van der Waals surface area (Å²) in [6.45, 7) is 2.15. The minimum Gasteiger partial charge on any atom is -0.352 e. The van der Waals surface area contributed by atoms with E-state index in [2.05, 4.69) is 260 Å². The summed E-state index contributed by atoms with van der Waals surface area (Å²) in [7, 11) is 0. The summed E-state index contributed by atoms with van der Waals surface area (Å²) in [5.74, 6) is 0. The van der Waals surface area contributed by atoms with E-state index in [1.54, 1.807) is 0 Å². The van der Waals surface area contributed by atoms with Gasteiger partial charge in [0.25, 0.3) is 13.4 Å². The van der Waals surface area contributed by atoms with Crippen molar-refractivity contribution in [2.24, 2.45) is 0 Å². The lowest BCUT2D eigenvalue weighted by Crippen LogP contribution is -2.61. The molecule has 0 spiro atoms. The van der Waals surface area contributed by atoms with Gasteiger partial charge in [-0.1, -0.05) is 133 Å². The number of aryl methyl sites for hydroxylation is 1. The summed E-state index contributed by atoms with van der Waals surface area (Å²) in [6, 6.07) is 81.6. The second kappa shape index (κ2) is 14.4. The van der Waals surface area contributed by atoms with Gasteiger partial charge in [0.15, 0.2) is 0 Å². The maximum atomic E-state index is 4.05. The zero-order valence-corrected chi connectivity index (χ0v) is 42.4. The molecule has 0 amide bonds. The quantitative estimate of drug-likeness (QED) is 0.171. The SMILES string of the molecule is Cc1cc2c3c(c1)N1c4ccccc4Nc4c1c(cc1ccccc41)B3c1sc3c4c1N2c1ccccc1N4c1cc(N(c2ccccc2)c2ccccc2)cc2c1B3c1cc3ccccc3c3c1N2c1ccccc1N3. The molecule has 0 saturated heterocycles. The van der Waals surface area contributed by atoms with Crippen LogP contribution in [0.4, 0.5) is 108 Å². The van der Waals surface area contributed by atoms with Gasteiger partial charge in [-0.05, 0) is 130 Å². The molecule has 0 unspecified atom stereocenters. The molecule has 0 radical (unpaired) electrons. The Morgan fingerprint density at radius 1 is 0.364 bits per heavy atom. The third-order valence-electron chi connectivity index (χ3n) is 17.5. The van der Waals surface area contributed by atoms with Crippen molar-refractivity contribution in [3.8, 4) is 0 Å². The molecule has 12 aromatic rings. The minimum atomic E-state index is -0.0879. The van der Waals surface area contributed by atoms with Crippen LogP contribution in [-0.2, 0) is 0 Å². The van der Waals surface area contributed by atoms with E-state index in [9.17, 15) is 0 Å². The standard InChI is InChI=1S/C67H41B2N7S/c1-38-32-54-58-55(33-38)75-52-30-16-17-31-53(52)76-57-37-43(72(41-20-4-2-5-21-41)42-22-6-3-7-23-42)36-56-59(57)69(47-35-40-19-9-11-25-45(40)61-63(47)74(56)51-29-15-13-27-49(51)71-61)67-65(76)64(75)66(77-67)68(58)46-34-39-18-8-10-24-44(39)60-62(46)73(54)50-28-14-12-26-48(50)70-60/h2-37,70-71H,1H3. The Bertz CT molecular complexity index is 4630. The van der Waals surface area contributed by atoms with E-state index in [4.69, 9.17) is 0 Å². The first-order valence-electron chi connectivity index (χ1n) is 26.7. The zero-order valence-electron chi connectivity index (χ0n) is 41.6. The smallest absolute Gasteiger partial charge is 0.264 e. The van der Waals surface area contributed by atoms with Gasteiger partial charge < -0.3 is 35.1 Å². The van der Waals surface area contributed by atoms with Gasteiger partial charge in [0, 0.05) is 54.4 Å². The molecule has 0 bridgehead atoms. The largest absolute Gasteiger partial charge is 0.352 e. The maximum absolute atomic E-state index is 4.05. The lowest BCUT2D eigenvalue weighted by atomic mass is 9.34. The molecule has 7 nitrogen and oxygen atoms in total. The molecule has 77 heavy (non-hydrogen) atoms. The third kappa shape index (κ3) is 5.05. The van der Waals surface area contributed by atoms with Crippen LogP contribution in [0.3, 0.4) is 0 Å². The van der Waals surface area contributed by atoms with Crippen LogP contribution < -0.4 is 66.5 Å². The van der Waals surface area contributed by atoms with E-state index >= 15 is 0 Å². The molecule has 10 heteroatoms. The van der Waals surface area contributed by atoms with E-state index in [1.807, 2.05) is 11.3 Å². The molecule has 0 saturated carbocycles. The molecular formula is C67H41B2N7S. The van der Waals surface area contributed by atoms with Crippen LogP contribution in [0.2, 0.25) is 0 Å². The fraction of sp³-hybridized carbons (Fsp3) is 0.0149. The highest BCUT2D eigenvalue weighted by atomic mass is 32.1. The van der Waals surface area contributed by atoms with Crippen molar-refractivity contribution in [1.82, 2.24) is 0 Å². The number of thiophene rings is 1. The van der Waals surface area contributed by atoms with Crippen LogP contribution in [0.25, 0.3) is 21.5 Å². The Morgan fingerprint density at radius 2 is 0.753 bits per heavy atom. The first-order valence-corrected chi connectivity index (χ1v) is 27.5. The summed E-state index contributed by atoms with van der Waals surface area (Å²) in [5, 5.41) is 13.0. The second-order valence-corrected chi connectivity index (χ2v) is 22.5. The van der Waals surface area contributed by atoms with E-state index < -0.39 is 0 Å². The number of anilines is 19. The fourth-order valence-corrected chi connectivity index (χ4v) is 16.1. The topological polar surface area (TPSA) is 40.3 Å². The Balaban J connectivity index is 0.968. The van der Waals surface area contributed by atoms with Crippen molar-refractivity contribution in [1.29, 1.82) is 0 Å². The minimum absolute atomic E-state index is 0.0415. The number of benzene rings is 11. The van der Waals surface area contributed by atoms with E-state index in [0.717, 1.165) is 39.8 Å². The van der Waals surface area contributed by atoms with Crippen LogP contribution in [0, 0.1) is 6.92 Å². The van der Waals surface area contributed by atoms with Gasteiger partial charge in [-0.25, -0.2) is 0 Å². The van der Waals surface area contributed by atoms with Crippen LogP contribution in [0.5, 0.6) is 0 Å². The Kier molecular flexibility index (Phi) is 7.61. The molecule has 0 fully saturated rings. The van der Waals surface area contributed by atoms with Gasteiger partial charge in [0.2, 0.25) is 0 Å².